The average Bonchev–Trinajstić information content (AvgIpc) is 2.67. The zero-order valence-corrected chi connectivity index (χ0v) is 16.2. The van der Waals surface area contributed by atoms with E-state index >= 15 is 0 Å². The van der Waals surface area contributed by atoms with Crippen molar-refractivity contribution in [3.63, 3.8) is 0 Å². The Labute approximate surface area is 162 Å². The van der Waals surface area contributed by atoms with E-state index in [1.54, 1.807) is 39.0 Å². The van der Waals surface area contributed by atoms with Gasteiger partial charge < -0.3 is 11.1 Å². The lowest BCUT2D eigenvalue weighted by molar-refractivity contribution is -0.140. The molecular formula is C20H22FN5O2. The lowest BCUT2D eigenvalue weighted by Gasteiger charge is -2.46. The molecule has 0 saturated heterocycles. The zero-order valence-electron chi connectivity index (χ0n) is 16.2. The van der Waals surface area contributed by atoms with Crippen LogP contribution in [0.4, 0.5) is 10.1 Å². The Bertz CT molecular complexity index is 974. The molecule has 2 aromatic rings. The number of amides is 2. The first-order valence-corrected chi connectivity index (χ1v) is 8.74. The summed E-state index contributed by atoms with van der Waals surface area (Å²) in [6.07, 6.45) is 1.51. The number of benzene rings is 1. The number of guanidine groups is 1. The number of anilines is 1. The molecule has 0 bridgehead atoms. The number of aliphatic imine (C=N–C) groups is 1. The van der Waals surface area contributed by atoms with Crippen LogP contribution < -0.4 is 11.1 Å². The molecule has 2 amide bonds. The molecule has 0 radical (unpaired) electrons. The summed E-state index contributed by atoms with van der Waals surface area (Å²) in [7, 11) is 1.53. The highest BCUT2D eigenvalue weighted by Gasteiger charge is 2.53. The van der Waals surface area contributed by atoms with Crippen molar-refractivity contribution >= 4 is 23.5 Å². The normalized spacial score (nSPS) is 21.2. The second-order valence-electron chi connectivity index (χ2n) is 7.40. The molecule has 1 aromatic carbocycles. The first-order chi connectivity index (χ1) is 13.1. The molecule has 7 nitrogen and oxygen atoms in total. The number of carbonyl (C=O) groups excluding carboxylic acids is 2. The van der Waals surface area contributed by atoms with Gasteiger partial charge in [-0.05, 0) is 51.1 Å². The Kier molecular flexibility index (Phi) is 4.66. The van der Waals surface area contributed by atoms with Crippen LogP contribution in [0.2, 0.25) is 0 Å². The predicted octanol–water partition coefficient (Wildman–Crippen LogP) is 2.50. The standard InChI is InChI=1S/C20H22FN5O2/c1-19(2)17(28)26(4)18(22)25-20(19,3)13-11-12(8-9-14(13)21)24-16(27)15-7-5-6-10-23-15/h5-11H,1-4H3,(H2,22,25)(H,24,27). The fourth-order valence-electron chi connectivity index (χ4n) is 3.24. The van der Waals surface area contributed by atoms with Crippen LogP contribution in [-0.2, 0) is 10.3 Å². The third-order valence-electron chi connectivity index (χ3n) is 5.38. The molecule has 1 unspecified atom stereocenters. The van der Waals surface area contributed by atoms with Gasteiger partial charge in [0.15, 0.2) is 5.96 Å². The number of aromatic nitrogens is 1. The summed E-state index contributed by atoms with van der Waals surface area (Å²) in [4.78, 5) is 34.8. The number of rotatable bonds is 3. The largest absolute Gasteiger partial charge is 0.369 e. The third-order valence-corrected chi connectivity index (χ3v) is 5.38. The monoisotopic (exact) mass is 383 g/mol. The van der Waals surface area contributed by atoms with Crippen LogP contribution in [0.15, 0.2) is 47.6 Å². The van der Waals surface area contributed by atoms with Crippen molar-refractivity contribution in [1.82, 2.24) is 9.88 Å². The van der Waals surface area contributed by atoms with E-state index in [-0.39, 0.29) is 23.1 Å². The highest BCUT2D eigenvalue weighted by atomic mass is 19.1. The molecule has 1 atom stereocenters. The Balaban J connectivity index is 2.04. The van der Waals surface area contributed by atoms with Crippen molar-refractivity contribution in [2.45, 2.75) is 26.3 Å². The smallest absolute Gasteiger partial charge is 0.274 e. The van der Waals surface area contributed by atoms with Crippen molar-refractivity contribution in [1.29, 1.82) is 0 Å². The fourth-order valence-corrected chi connectivity index (χ4v) is 3.24. The van der Waals surface area contributed by atoms with Gasteiger partial charge in [0, 0.05) is 24.5 Å². The molecule has 146 valence electrons. The molecule has 0 aliphatic carbocycles. The second-order valence-corrected chi connectivity index (χ2v) is 7.40. The zero-order chi connectivity index (χ0) is 20.7. The number of nitrogens with one attached hydrogen (secondary N) is 1. The maximum absolute atomic E-state index is 14.8. The van der Waals surface area contributed by atoms with Gasteiger partial charge in [-0.1, -0.05) is 6.07 Å². The number of hydrogen-bond acceptors (Lipinski definition) is 5. The summed E-state index contributed by atoms with van der Waals surface area (Å²) in [6, 6.07) is 9.13. The van der Waals surface area contributed by atoms with Crippen molar-refractivity contribution < 1.29 is 14.0 Å². The van der Waals surface area contributed by atoms with Crippen LogP contribution in [-0.4, -0.2) is 34.7 Å². The topological polar surface area (TPSA) is 101 Å². The first-order valence-electron chi connectivity index (χ1n) is 8.74. The number of carbonyl (C=O) groups is 2. The first kappa shape index (κ1) is 19.5. The number of nitrogens with zero attached hydrogens (tertiary/aromatic N) is 3. The molecule has 0 saturated carbocycles. The maximum Gasteiger partial charge on any atom is 0.274 e. The summed E-state index contributed by atoms with van der Waals surface area (Å²) in [5, 5.41) is 2.70. The van der Waals surface area contributed by atoms with Gasteiger partial charge in [0.2, 0.25) is 5.91 Å². The van der Waals surface area contributed by atoms with Gasteiger partial charge in [0.05, 0.1) is 5.41 Å². The van der Waals surface area contributed by atoms with Gasteiger partial charge in [-0.2, -0.15) is 0 Å². The summed E-state index contributed by atoms with van der Waals surface area (Å²) < 4.78 is 14.8. The van der Waals surface area contributed by atoms with E-state index in [1.165, 1.54) is 36.3 Å². The molecule has 28 heavy (non-hydrogen) atoms. The molecule has 1 aliphatic rings. The molecule has 0 spiro atoms. The van der Waals surface area contributed by atoms with Crippen LogP contribution >= 0.6 is 0 Å². The van der Waals surface area contributed by atoms with Gasteiger partial charge in [-0.15, -0.1) is 0 Å². The second kappa shape index (κ2) is 6.70. The minimum Gasteiger partial charge on any atom is -0.369 e. The predicted molar refractivity (Wildman–Crippen MR) is 104 cm³/mol. The minimum absolute atomic E-state index is 0.00847. The quantitative estimate of drug-likeness (QED) is 0.850. The van der Waals surface area contributed by atoms with Gasteiger partial charge >= 0.3 is 0 Å². The van der Waals surface area contributed by atoms with Crippen LogP contribution in [0, 0.1) is 11.2 Å². The fraction of sp³-hybridized carbons (Fsp3) is 0.300. The van der Waals surface area contributed by atoms with Crippen molar-refractivity contribution in [2.75, 3.05) is 12.4 Å². The average molecular weight is 383 g/mol. The van der Waals surface area contributed by atoms with E-state index in [1.807, 2.05) is 0 Å². The van der Waals surface area contributed by atoms with Gasteiger partial charge in [0.25, 0.3) is 5.91 Å². The molecule has 2 heterocycles. The van der Waals surface area contributed by atoms with E-state index in [9.17, 15) is 14.0 Å². The number of halogens is 1. The van der Waals surface area contributed by atoms with Crippen LogP contribution in [0.5, 0.6) is 0 Å². The van der Waals surface area contributed by atoms with Crippen LogP contribution in [0.1, 0.15) is 36.8 Å². The van der Waals surface area contributed by atoms with Crippen molar-refractivity contribution in [3.05, 3.63) is 59.7 Å². The molecule has 0 fully saturated rings. The summed E-state index contributed by atoms with van der Waals surface area (Å²) >= 11 is 0. The Morgan fingerprint density at radius 1 is 1.21 bits per heavy atom. The van der Waals surface area contributed by atoms with E-state index in [4.69, 9.17) is 5.73 Å². The summed E-state index contributed by atoms with van der Waals surface area (Å²) in [5.41, 5.74) is 4.35. The number of pyridine rings is 1. The highest BCUT2D eigenvalue weighted by molar-refractivity contribution is 6.03. The number of nitrogens with two attached hydrogens (primary N) is 1. The van der Waals surface area contributed by atoms with Gasteiger partial charge in [0.1, 0.15) is 17.1 Å². The Hall–Kier alpha value is -3.29. The van der Waals surface area contributed by atoms with Gasteiger partial charge in [-0.3, -0.25) is 19.5 Å². The molecule has 1 aromatic heterocycles. The lowest BCUT2D eigenvalue weighted by atomic mass is 9.67. The molecule has 3 rings (SSSR count). The van der Waals surface area contributed by atoms with Crippen LogP contribution in [0.25, 0.3) is 0 Å². The number of hydrogen-bond donors (Lipinski definition) is 2. The van der Waals surface area contributed by atoms with E-state index < -0.39 is 22.7 Å². The van der Waals surface area contributed by atoms with E-state index in [2.05, 4.69) is 15.3 Å². The molecular weight excluding hydrogens is 361 g/mol. The summed E-state index contributed by atoms with van der Waals surface area (Å²) in [5.74, 6) is -1.23. The van der Waals surface area contributed by atoms with E-state index in [0.717, 1.165) is 0 Å². The highest BCUT2D eigenvalue weighted by Crippen LogP contribution is 2.47. The van der Waals surface area contributed by atoms with E-state index in [0.29, 0.717) is 5.69 Å². The Morgan fingerprint density at radius 3 is 2.57 bits per heavy atom. The molecule has 8 heteroatoms. The van der Waals surface area contributed by atoms with Crippen molar-refractivity contribution in [2.24, 2.45) is 16.1 Å². The SMILES string of the molecule is CN1C(=O)C(C)(C)C(C)(c2cc(NC(=O)c3ccccn3)ccc2F)N=C1N. The Morgan fingerprint density at radius 2 is 1.93 bits per heavy atom. The third kappa shape index (κ3) is 3.00. The molecule has 3 N–H and O–H groups in total. The molecule has 1 aliphatic heterocycles. The van der Waals surface area contributed by atoms with Crippen molar-refractivity contribution in [3.8, 4) is 0 Å². The van der Waals surface area contributed by atoms with Crippen LogP contribution in [0.3, 0.4) is 0 Å². The summed E-state index contributed by atoms with van der Waals surface area (Å²) in [6.45, 7) is 5.05. The van der Waals surface area contributed by atoms with Gasteiger partial charge in [-0.25, -0.2) is 9.38 Å². The lowest BCUT2D eigenvalue weighted by Crippen LogP contribution is -2.58. The minimum atomic E-state index is -1.25. The maximum atomic E-state index is 14.8.